The smallest absolute Gasteiger partial charge is 0.150 e. The van der Waals surface area contributed by atoms with Crippen LogP contribution in [0.15, 0.2) is 24.3 Å². The highest BCUT2D eigenvalue weighted by Crippen LogP contribution is 2.31. The summed E-state index contributed by atoms with van der Waals surface area (Å²) in [6.45, 7) is 4.28. The second kappa shape index (κ2) is 6.17. The molecule has 112 valence electrons. The van der Waals surface area contributed by atoms with Crippen molar-refractivity contribution in [2.75, 3.05) is 6.26 Å². The van der Waals surface area contributed by atoms with Crippen molar-refractivity contribution in [3.63, 3.8) is 0 Å². The van der Waals surface area contributed by atoms with Crippen LogP contribution in [0.5, 0.6) is 5.75 Å². The monoisotopic (exact) mass is 296 g/mol. The highest BCUT2D eigenvalue weighted by atomic mass is 32.2. The Hall–Kier alpha value is -1.03. The third-order valence-electron chi connectivity index (χ3n) is 4.02. The summed E-state index contributed by atoms with van der Waals surface area (Å²) in [5, 5.41) is -0.243. The summed E-state index contributed by atoms with van der Waals surface area (Å²) in [7, 11) is -2.96. The van der Waals surface area contributed by atoms with Crippen molar-refractivity contribution in [1.29, 1.82) is 0 Å². The Morgan fingerprint density at radius 3 is 2.55 bits per heavy atom. The molecule has 1 aromatic rings. The number of benzene rings is 1. The van der Waals surface area contributed by atoms with Crippen LogP contribution in [0.25, 0.3) is 0 Å². The van der Waals surface area contributed by atoms with E-state index in [1.54, 1.807) is 0 Å². The standard InChI is InChI=1S/C16H24O3S/c1-12(2)15-9-4-5-10-16(15)19-13-7-6-8-14(11-13)20(3,17)18/h4-5,9-10,12-14H,6-8,11H2,1-3H3. The topological polar surface area (TPSA) is 43.4 Å². The highest BCUT2D eigenvalue weighted by Gasteiger charge is 2.30. The van der Waals surface area contributed by atoms with E-state index in [0.29, 0.717) is 12.3 Å². The number of hydrogen-bond acceptors (Lipinski definition) is 3. The Balaban J connectivity index is 2.11. The lowest BCUT2D eigenvalue weighted by molar-refractivity contribution is 0.154. The number of hydrogen-bond donors (Lipinski definition) is 0. The molecule has 2 rings (SSSR count). The summed E-state index contributed by atoms with van der Waals surface area (Å²) in [6, 6.07) is 8.05. The van der Waals surface area contributed by atoms with Gasteiger partial charge in [-0.3, -0.25) is 0 Å². The van der Waals surface area contributed by atoms with Crippen LogP contribution in [0, 0.1) is 0 Å². The summed E-state index contributed by atoms with van der Waals surface area (Å²) in [5.41, 5.74) is 1.19. The van der Waals surface area contributed by atoms with Gasteiger partial charge >= 0.3 is 0 Å². The fraction of sp³-hybridized carbons (Fsp3) is 0.625. The van der Waals surface area contributed by atoms with Crippen molar-refractivity contribution in [3.8, 4) is 5.75 Å². The number of sulfone groups is 1. The number of ether oxygens (including phenoxy) is 1. The lowest BCUT2D eigenvalue weighted by atomic mass is 9.96. The fourth-order valence-corrected chi connectivity index (χ4v) is 4.00. The molecule has 0 aliphatic heterocycles. The van der Waals surface area contributed by atoms with Crippen LogP contribution in [-0.2, 0) is 9.84 Å². The minimum absolute atomic E-state index is 0.0170. The molecule has 0 bridgehead atoms. The molecule has 3 nitrogen and oxygen atoms in total. The number of para-hydroxylation sites is 1. The van der Waals surface area contributed by atoms with Crippen molar-refractivity contribution < 1.29 is 13.2 Å². The van der Waals surface area contributed by atoms with E-state index in [4.69, 9.17) is 4.74 Å². The summed E-state index contributed by atoms with van der Waals surface area (Å²) >= 11 is 0. The van der Waals surface area contributed by atoms with E-state index >= 15 is 0 Å². The van der Waals surface area contributed by atoms with Crippen LogP contribution in [0.1, 0.15) is 51.0 Å². The molecular weight excluding hydrogens is 272 g/mol. The average molecular weight is 296 g/mol. The van der Waals surface area contributed by atoms with E-state index in [2.05, 4.69) is 19.9 Å². The van der Waals surface area contributed by atoms with Gasteiger partial charge in [-0.15, -0.1) is 0 Å². The first-order valence-electron chi connectivity index (χ1n) is 7.32. The Labute approximate surface area is 122 Å². The van der Waals surface area contributed by atoms with Gasteiger partial charge in [0.05, 0.1) is 11.4 Å². The summed E-state index contributed by atoms with van der Waals surface area (Å²) in [4.78, 5) is 0. The first-order valence-corrected chi connectivity index (χ1v) is 9.28. The molecule has 2 atom stereocenters. The van der Waals surface area contributed by atoms with Gasteiger partial charge in [0.2, 0.25) is 0 Å². The molecule has 2 unspecified atom stereocenters. The fourth-order valence-electron chi connectivity index (χ4n) is 2.84. The molecule has 1 aromatic carbocycles. The van der Waals surface area contributed by atoms with Crippen molar-refractivity contribution in [2.45, 2.75) is 56.8 Å². The molecule has 20 heavy (non-hydrogen) atoms. The molecule has 0 heterocycles. The van der Waals surface area contributed by atoms with Crippen LogP contribution in [-0.4, -0.2) is 26.0 Å². The van der Waals surface area contributed by atoms with Gasteiger partial charge in [-0.25, -0.2) is 8.42 Å². The summed E-state index contributed by atoms with van der Waals surface area (Å²) in [6.07, 6.45) is 4.60. The maximum atomic E-state index is 11.7. The third kappa shape index (κ3) is 3.75. The summed E-state index contributed by atoms with van der Waals surface area (Å²) < 4.78 is 29.5. The van der Waals surface area contributed by atoms with Gasteiger partial charge in [0.25, 0.3) is 0 Å². The van der Waals surface area contributed by atoms with E-state index < -0.39 is 9.84 Å². The van der Waals surface area contributed by atoms with Gasteiger partial charge < -0.3 is 4.74 Å². The largest absolute Gasteiger partial charge is 0.490 e. The van der Waals surface area contributed by atoms with Crippen LogP contribution in [0.2, 0.25) is 0 Å². The van der Waals surface area contributed by atoms with Crippen molar-refractivity contribution in [2.24, 2.45) is 0 Å². The molecule has 0 aromatic heterocycles. The molecule has 0 saturated heterocycles. The highest BCUT2D eigenvalue weighted by molar-refractivity contribution is 7.91. The van der Waals surface area contributed by atoms with E-state index in [1.807, 2.05) is 18.2 Å². The Bertz CT molecular complexity index is 549. The third-order valence-corrected chi connectivity index (χ3v) is 5.66. The lowest BCUT2D eigenvalue weighted by Crippen LogP contribution is -2.33. The van der Waals surface area contributed by atoms with E-state index in [-0.39, 0.29) is 11.4 Å². The zero-order valence-electron chi connectivity index (χ0n) is 12.5. The molecule has 1 fully saturated rings. The normalized spacial score (nSPS) is 23.8. The zero-order valence-corrected chi connectivity index (χ0v) is 13.3. The number of rotatable bonds is 4. The molecule has 1 saturated carbocycles. The van der Waals surface area contributed by atoms with Crippen LogP contribution in [0.4, 0.5) is 0 Å². The summed E-state index contributed by atoms with van der Waals surface area (Å²) in [5.74, 6) is 1.31. The van der Waals surface area contributed by atoms with Crippen molar-refractivity contribution in [1.82, 2.24) is 0 Å². The second-order valence-electron chi connectivity index (χ2n) is 6.05. The minimum atomic E-state index is -2.96. The van der Waals surface area contributed by atoms with Crippen molar-refractivity contribution in [3.05, 3.63) is 29.8 Å². The molecule has 0 spiro atoms. The average Bonchev–Trinajstić information content (AvgIpc) is 2.38. The molecule has 0 amide bonds. The Kier molecular flexibility index (Phi) is 4.74. The van der Waals surface area contributed by atoms with Crippen LogP contribution in [0.3, 0.4) is 0 Å². The molecule has 1 aliphatic rings. The van der Waals surface area contributed by atoms with Gasteiger partial charge in [-0.1, -0.05) is 32.0 Å². The van der Waals surface area contributed by atoms with E-state index in [9.17, 15) is 8.42 Å². The molecule has 0 radical (unpaired) electrons. The molecule has 0 N–H and O–H groups in total. The first kappa shape index (κ1) is 15.4. The predicted octanol–water partition coefficient (Wildman–Crippen LogP) is 3.54. The van der Waals surface area contributed by atoms with Gasteiger partial charge in [-0.2, -0.15) is 0 Å². The van der Waals surface area contributed by atoms with Crippen molar-refractivity contribution >= 4 is 9.84 Å². The molecular formula is C16H24O3S. The molecule has 4 heteroatoms. The van der Waals surface area contributed by atoms with E-state index in [0.717, 1.165) is 25.0 Å². The first-order chi connectivity index (χ1) is 9.38. The van der Waals surface area contributed by atoms with E-state index in [1.165, 1.54) is 11.8 Å². The van der Waals surface area contributed by atoms with Gasteiger partial charge in [0, 0.05) is 12.7 Å². The second-order valence-corrected chi connectivity index (χ2v) is 8.38. The van der Waals surface area contributed by atoms with Crippen LogP contribution >= 0.6 is 0 Å². The van der Waals surface area contributed by atoms with Gasteiger partial charge in [0.15, 0.2) is 0 Å². The van der Waals surface area contributed by atoms with Gasteiger partial charge in [0.1, 0.15) is 15.6 Å². The SMILES string of the molecule is CC(C)c1ccccc1OC1CCCC(S(C)(=O)=O)C1. The zero-order chi connectivity index (χ0) is 14.8. The maximum absolute atomic E-state index is 11.7. The molecule has 1 aliphatic carbocycles. The minimum Gasteiger partial charge on any atom is -0.490 e. The maximum Gasteiger partial charge on any atom is 0.150 e. The predicted molar refractivity (Wildman–Crippen MR) is 82.0 cm³/mol. The quantitative estimate of drug-likeness (QED) is 0.853. The lowest BCUT2D eigenvalue weighted by Gasteiger charge is -2.29. The Morgan fingerprint density at radius 1 is 1.20 bits per heavy atom. The van der Waals surface area contributed by atoms with Crippen LogP contribution < -0.4 is 4.74 Å². The van der Waals surface area contributed by atoms with Gasteiger partial charge in [-0.05, 0) is 36.8 Å². The Morgan fingerprint density at radius 2 is 1.90 bits per heavy atom.